The highest BCUT2D eigenvalue weighted by atomic mass is 16.4. The molecule has 1 aliphatic carbocycles. The van der Waals surface area contributed by atoms with Crippen molar-refractivity contribution >= 4 is 12.0 Å². The van der Waals surface area contributed by atoms with Gasteiger partial charge in [-0.25, -0.2) is 4.79 Å². The van der Waals surface area contributed by atoms with Gasteiger partial charge in [0.15, 0.2) is 0 Å². The van der Waals surface area contributed by atoms with E-state index in [4.69, 9.17) is 0 Å². The predicted molar refractivity (Wildman–Crippen MR) is 78.5 cm³/mol. The summed E-state index contributed by atoms with van der Waals surface area (Å²) in [5.41, 5.74) is -0.0740. The quantitative estimate of drug-likeness (QED) is 0.678. The summed E-state index contributed by atoms with van der Waals surface area (Å²) in [5, 5.41) is 14.8. The minimum Gasteiger partial charge on any atom is -0.481 e. The fourth-order valence-electron chi connectivity index (χ4n) is 2.36. The molecule has 0 saturated carbocycles. The van der Waals surface area contributed by atoms with E-state index in [9.17, 15) is 14.7 Å². The molecule has 2 amide bonds. The fourth-order valence-corrected chi connectivity index (χ4v) is 2.36. The van der Waals surface area contributed by atoms with Crippen LogP contribution in [-0.2, 0) is 4.79 Å². The van der Waals surface area contributed by atoms with Crippen molar-refractivity contribution in [3.63, 3.8) is 0 Å². The van der Waals surface area contributed by atoms with Gasteiger partial charge in [0, 0.05) is 12.6 Å². The highest BCUT2D eigenvalue weighted by Crippen LogP contribution is 2.24. The number of allylic oxidation sites excluding steroid dienone is 1. The van der Waals surface area contributed by atoms with Gasteiger partial charge in [-0.3, -0.25) is 4.79 Å². The first-order chi connectivity index (χ1) is 9.28. The number of nitrogens with one attached hydrogen (secondary N) is 2. The molecule has 5 nitrogen and oxygen atoms in total. The van der Waals surface area contributed by atoms with E-state index in [-0.39, 0.29) is 24.0 Å². The SMILES string of the molecule is CC(C)(C)CC(CNC(=O)NC1CC=CCC1)C(=O)O. The van der Waals surface area contributed by atoms with E-state index in [1.807, 2.05) is 20.8 Å². The number of rotatable bonds is 5. The Bertz CT molecular complexity index is 372. The zero-order valence-electron chi connectivity index (χ0n) is 12.6. The Morgan fingerprint density at radius 1 is 1.35 bits per heavy atom. The van der Waals surface area contributed by atoms with Crippen LogP contribution >= 0.6 is 0 Å². The third kappa shape index (κ3) is 6.59. The summed E-state index contributed by atoms with van der Waals surface area (Å²) in [6.07, 6.45) is 7.47. The second-order valence-corrected chi connectivity index (χ2v) is 6.64. The highest BCUT2D eigenvalue weighted by molar-refractivity contribution is 5.76. The molecule has 0 spiro atoms. The molecule has 0 aliphatic heterocycles. The zero-order chi connectivity index (χ0) is 15.2. The number of aliphatic carboxylic acids is 1. The van der Waals surface area contributed by atoms with Crippen molar-refractivity contribution in [2.75, 3.05) is 6.54 Å². The first kappa shape index (κ1) is 16.5. The number of urea groups is 1. The van der Waals surface area contributed by atoms with Gasteiger partial charge in [-0.1, -0.05) is 32.9 Å². The lowest BCUT2D eigenvalue weighted by atomic mass is 9.84. The maximum Gasteiger partial charge on any atom is 0.315 e. The van der Waals surface area contributed by atoms with Gasteiger partial charge >= 0.3 is 12.0 Å². The molecular weight excluding hydrogens is 256 g/mol. The Morgan fingerprint density at radius 3 is 2.55 bits per heavy atom. The molecule has 1 rings (SSSR count). The molecule has 0 heterocycles. The van der Waals surface area contributed by atoms with Crippen molar-refractivity contribution in [1.29, 1.82) is 0 Å². The molecule has 0 aromatic heterocycles. The Balaban J connectivity index is 2.36. The second kappa shape index (κ2) is 7.31. The first-order valence-electron chi connectivity index (χ1n) is 7.20. The van der Waals surface area contributed by atoms with Gasteiger partial charge in [0.1, 0.15) is 0 Å². The Hall–Kier alpha value is -1.52. The monoisotopic (exact) mass is 282 g/mol. The van der Waals surface area contributed by atoms with Gasteiger partial charge in [0.2, 0.25) is 0 Å². The predicted octanol–water partition coefficient (Wildman–Crippen LogP) is 2.53. The molecule has 0 bridgehead atoms. The largest absolute Gasteiger partial charge is 0.481 e. The maximum absolute atomic E-state index is 11.8. The molecule has 1 aliphatic rings. The van der Waals surface area contributed by atoms with Crippen LogP contribution in [0.2, 0.25) is 0 Å². The molecule has 0 radical (unpaired) electrons. The van der Waals surface area contributed by atoms with Crippen molar-refractivity contribution in [2.45, 2.75) is 52.5 Å². The standard InChI is InChI=1S/C15H26N2O3/c1-15(2,3)9-11(13(18)19)10-16-14(20)17-12-7-5-4-6-8-12/h4-5,11-12H,6-10H2,1-3H3,(H,18,19)(H2,16,17,20). The van der Waals surface area contributed by atoms with Gasteiger partial charge in [-0.2, -0.15) is 0 Å². The van der Waals surface area contributed by atoms with Crippen molar-refractivity contribution in [3.8, 4) is 0 Å². The molecule has 0 saturated heterocycles. The second-order valence-electron chi connectivity index (χ2n) is 6.64. The number of carboxylic acid groups (broad SMARTS) is 1. The van der Waals surface area contributed by atoms with Crippen LogP contribution in [0, 0.1) is 11.3 Å². The smallest absolute Gasteiger partial charge is 0.315 e. The van der Waals surface area contributed by atoms with Crippen LogP contribution in [0.15, 0.2) is 12.2 Å². The number of hydrogen-bond acceptors (Lipinski definition) is 2. The van der Waals surface area contributed by atoms with E-state index >= 15 is 0 Å². The lowest BCUT2D eigenvalue weighted by Crippen LogP contribution is -2.45. The number of carbonyl (C=O) groups is 2. The molecule has 114 valence electrons. The van der Waals surface area contributed by atoms with Crippen LogP contribution in [0.1, 0.15) is 46.5 Å². The van der Waals surface area contributed by atoms with Crippen LogP contribution < -0.4 is 10.6 Å². The van der Waals surface area contributed by atoms with E-state index in [2.05, 4.69) is 22.8 Å². The van der Waals surface area contributed by atoms with Crippen LogP contribution in [0.5, 0.6) is 0 Å². The highest BCUT2D eigenvalue weighted by Gasteiger charge is 2.25. The van der Waals surface area contributed by atoms with Crippen molar-refractivity contribution in [3.05, 3.63) is 12.2 Å². The van der Waals surface area contributed by atoms with Crippen molar-refractivity contribution in [1.82, 2.24) is 10.6 Å². The van der Waals surface area contributed by atoms with Gasteiger partial charge in [0.25, 0.3) is 0 Å². The summed E-state index contributed by atoms with van der Waals surface area (Å²) in [6, 6.07) is -0.114. The number of carbonyl (C=O) groups excluding carboxylic acids is 1. The normalized spacial score (nSPS) is 20.2. The Labute approximate surface area is 120 Å². The van der Waals surface area contributed by atoms with E-state index in [1.165, 1.54) is 0 Å². The lowest BCUT2D eigenvalue weighted by molar-refractivity contribution is -0.142. The third-order valence-electron chi connectivity index (χ3n) is 3.32. The van der Waals surface area contributed by atoms with Gasteiger partial charge in [-0.05, 0) is 31.1 Å². The first-order valence-corrected chi connectivity index (χ1v) is 7.20. The molecule has 0 aromatic rings. The summed E-state index contributed by atoms with van der Waals surface area (Å²) >= 11 is 0. The van der Waals surface area contributed by atoms with Crippen molar-refractivity contribution < 1.29 is 14.7 Å². The minimum atomic E-state index is -0.860. The van der Waals surface area contributed by atoms with E-state index < -0.39 is 11.9 Å². The number of hydrogen-bond donors (Lipinski definition) is 3. The molecule has 2 atom stereocenters. The number of amides is 2. The number of carboxylic acids is 1. The topological polar surface area (TPSA) is 78.4 Å². The molecule has 20 heavy (non-hydrogen) atoms. The van der Waals surface area contributed by atoms with Crippen LogP contribution in [-0.4, -0.2) is 29.7 Å². The van der Waals surface area contributed by atoms with Crippen molar-refractivity contribution in [2.24, 2.45) is 11.3 Å². The zero-order valence-corrected chi connectivity index (χ0v) is 12.6. The lowest BCUT2D eigenvalue weighted by Gasteiger charge is -2.24. The summed E-state index contributed by atoms with van der Waals surface area (Å²) in [4.78, 5) is 23.0. The van der Waals surface area contributed by atoms with Crippen LogP contribution in [0.3, 0.4) is 0 Å². The molecular formula is C15H26N2O3. The molecule has 5 heteroatoms. The molecule has 0 fully saturated rings. The average molecular weight is 282 g/mol. The van der Waals surface area contributed by atoms with Gasteiger partial charge in [-0.15, -0.1) is 0 Å². The average Bonchev–Trinajstić information content (AvgIpc) is 2.34. The Kier molecular flexibility index (Phi) is 6.05. The summed E-state index contributed by atoms with van der Waals surface area (Å²) in [6.45, 7) is 6.16. The molecule has 2 unspecified atom stereocenters. The van der Waals surface area contributed by atoms with Crippen LogP contribution in [0.25, 0.3) is 0 Å². The van der Waals surface area contributed by atoms with E-state index in [1.54, 1.807) is 0 Å². The summed E-state index contributed by atoms with van der Waals surface area (Å²) in [7, 11) is 0. The Morgan fingerprint density at radius 2 is 2.05 bits per heavy atom. The summed E-state index contributed by atoms with van der Waals surface area (Å²) < 4.78 is 0. The third-order valence-corrected chi connectivity index (χ3v) is 3.32. The van der Waals surface area contributed by atoms with E-state index in [0.717, 1.165) is 19.3 Å². The molecule has 0 aromatic carbocycles. The van der Waals surface area contributed by atoms with Crippen LogP contribution in [0.4, 0.5) is 4.79 Å². The van der Waals surface area contributed by atoms with Gasteiger partial charge < -0.3 is 15.7 Å². The maximum atomic E-state index is 11.8. The minimum absolute atomic E-state index is 0.0740. The fraction of sp³-hybridized carbons (Fsp3) is 0.733. The molecule has 3 N–H and O–H groups in total. The van der Waals surface area contributed by atoms with Gasteiger partial charge in [0.05, 0.1) is 5.92 Å². The summed E-state index contributed by atoms with van der Waals surface area (Å²) in [5.74, 6) is -1.41. The van der Waals surface area contributed by atoms with E-state index in [0.29, 0.717) is 6.42 Å².